The Kier molecular flexibility index (Phi) is 6.28. The zero-order chi connectivity index (χ0) is 14.0. The lowest BCUT2D eigenvalue weighted by molar-refractivity contribution is -0.128. The lowest BCUT2D eigenvalue weighted by Crippen LogP contribution is -2.42. The summed E-state index contributed by atoms with van der Waals surface area (Å²) < 4.78 is 23.8. The fraction of sp³-hybridized carbons (Fsp3) is 0.923. The van der Waals surface area contributed by atoms with Crippen molar-refractivity contribution >= 4 is 28.2 Å². The summed E-state index contributed by atoms with van der Waals surface area (Å²) in [7, 11) is -3.27. The minimum atomic E-state index is -3.27. The summed E-state index contributed by atoms with van der Waals surface area (Å²) >= 11 is 0. The van der Waals surface area contributed by atoms with Gasteiger partial charge in [-0.05, 0) is 25.2 Å². The van der Waals surface area contributed by atoms with E-state index in [-0.39, 0.29) is 35.7 Å². The fourth-order valence-corrected chi connectivity index (χ4v) is 4.71. The first-order valence-electron chi connectivity index (χ1n) is 7.10. The zero-order valence-corrected chi connectivity index (χ0v) is 13.8. The molecule has 0 radical (unpaired) electrons. The number of sulfone groups is 1. The number of carbonyl (C=O) groups is 1. The molecule has 2 aliphatic heterocycles. The standard InChI is InChI=1S/C13H24N2O3S.ClH/c1-10(2)8-19(17,18)9-13(16)15-6-5-11-3-4-12(7-15)14-11;/h10-12,14H,3-9H2,1-2H3;1H. The SMILES string of the molecule is CC(C)CS(=O)(=O)CC(=O)N1CCC2CCC(C1)N2.Cl. The molecule has 0 spiro atoms. The average Bonchev–Trinajstić information content (AvgIpc) is 2.54. The van der Waals surface area contributed by atoms with Gasteiger partial charge in [-0.1, -0.05) is 13.8 Å². The van der Waals surface area contributed by atoms with Crippen LogP contribution in [-0.4, -0.2) is 55.9 Å². The van der Waals surface area contributed by atoms with Crippen molar-refractivity contribution < 1.29 is 13.2 Å². The molecule has 2 rings (SSSR count). The van der Waals surface area contributed by atoms with E-state index in [0.29, 0.717) is 25.2 Å². The van der Waals surface area contributed by atoms with E-state index >= 15 is 0 Å². The van der Waals surface area contributed by atoms with Crippen LogP contribution in [0.15, 0.2) is 0 Å². The van der Waals surface area contributed by atoms with Crippen molar-refractivity contribution in [1.29, 1.82) is 0 Å². The van der Waals surface area contributed by atoms with Crippen molar-refractivity contribution in [3.05, 3.63) is 0 Å². The summed E-state index contributed by atoms with van der Waals surface area (Å²) in [6.07, 6.45) is 3.21. The quantitative estimate of drug-likeness (QED) is 0.832. The van der Waals surface area contributed by atoms with Crippen LogP contribution >= 0.6 is 12.4 Å². The lowest BCUT2D eigenvalue weighted by atomic mass is 10.1. The molecule has 2 atom stereocenters. The van der Waals surface area contributed by atoms with Crippen molar-refractivity contribution in [3.8, 4) is 0 Å². The number of likely N-dealkylation sites (tertiary alicyclic amines) is 1. The Morgan fingerprint density at radius 3 is 2.55 bits per heavy atom. The Morgan fingerprint density at radius 1 is 1.25 bits per heavy atom. The molecule has 5 nitrogen and oxygen atoms in total. The largest absolute Gasteiger partial charge is 0.340 e. The Balaban J connectivity index is 0.00000200. The third-order valence-corrected chi connectivity index (χ3v) is 5.67. The van der Waals surface area contributed by atoms with Gasteiger partial charge in [-0.15, -0.1) is 12.4 Å². The van der Waals surface area contributed by atoms with Gasteiger partial charge in [-0.25, -0.2) is 8.42 Å². The van der Waals surface area contributed by atoms with Gasteiger partial charge in [-0.3, -0.25) is 4.79 Å². The van der Waals surface area contributed by atoms with Gasteiger partial charge in [0.1, 0.15) is 5.75 Å². The first-order chi connectivity index (χ1) is 8.85. The number of hydrogen-bond donors (Lipinski definition) is 1. The molecule has 0 aromatic rings. The maximum Gasteiger partial charge on any atom is 0.237 e. The minimum Gasteiger partial charge on any atom is -0.340 e. The van der Waals surface area contributed by atoms with Crippen LogP contribution < -0.4 is 5.32 Å². The fourth-order valence-electron chi connectivity index (χ4n) is 3.02. The number of nitrogens with zero attached hydrogens (tertiary/aromatic N) is 1. The molecule has 7 heteroatoms. The second kappa shape index (κ2) is 7.09. The number of nitrogens with one attached hydrogen (secondary N) is 1. The normalized spacial score (nSPS) is 26.2. The average molecular weight is 325 g/mol. The van der Waals surface area contributed by atoms with Crippen LogP contribution in [0, 0.1) is 5.92 Å². The molecular formula is C13H25ClN2O3S. The molecule has 0 aromatic carbocycles. The number of hydrogen-bond acceptors (Lipinski definition) is 4. The van der Waals surface area contributed by atoms with E-state index in [1.165, 1.54) is 6.42 Å². The second-order valence-corrected chi connectivity index (χ2v) is 8.32. The topological polar surface area (TPSA) is 66.5 Å². The van der Waals surface area contributed by atoms with E-state index in [9.17, 15) is 13.2 Å². The number of amides is 1. The van der Waals surface area contributed by atoms with Crippen LogP contribution in [0.5, 0.6) is 0 Å². The van der Waals surface area contributed by atoms with Crippen molar-refractivity contribution in [2.75, 3.05) is 24.6 Å². The maximum atomic E-state index is 12.1. The van der Waals surface area contributed by atoms with Gasteiger partial charge >= 0.3 is 0 Å². The minimum absolute atomic E-state index is 0. The van der Waals surface area contributed by atoms with E-state index in [0.717, 1.165) is 12.8 Å². The molecule has 2 heterocycles. The van der Waals surface area contributed by atoms with Crippen molar-refractivity contribution in [3.63, 3.8) is 0 Å². The molecule has 0 aromatic heterocycles. The maximum absolute atomic E-state index is 12.1. The zero-order valence-electron chi connectivity index (χ0n) is 12.2. The number of fused-ring (bicyclic) bond motifs is 2. The highest BCUT2D eigenvalue weighted by Crippen LogP contribution is 2.20. The Labute approximate surface area is 127 Å². The Morgan fingerprint density at radius 2 is 1.90 bits per heavy atom. The molecule has 2 unspecified atom stereocenters. The van der Waals surface area contributed by atoms with E-state index in [2.05, 4.69) is 5.32 Å². The van der Waals surface area contributed by atoms with E-state index < -0.39 is 9.84 Å². The Bertz CT molecular complexity index is 439. The molecule has 1 N–H and O–H groups in total. The van der Waals surface area contributed by atoms with Gasteiger partial charge in [0.25, 0.3) is 0 Å². The summed E-state index contributed by atoms with van der Waals surface area (Å²) in [6.45, 7) is 5.06. The van der Waals surface area contributed by atoms with Crippen LogP contribution in [0.4, 0.5) is 0 Å². The number of carbonyl (C=O) groups excluding carboxylic acids is 1. The van der Waals surface area contributed by atoms with Crippen molar-refractivity contribution in [2.45, 2.75) is 45.2 Å². The van der Waals surface area contributed by atoms with Gasteiger partial charge in [0, 0.05) is 25.2 Å². The highest BCUT2D eigenvalue weighted by molar-refractivity contribution is 7.92. The predicted molar refractivity (Wildman–Crippen MR) is 81.9 cm³/mol. The monoisotopic (exact) mass is 324 g/mol. The highest BCUT2D eigenvalue weighted by Gasteiger charge is 2.32. The number of rotatable bonds is 4. The van der Waals surface area contributed by atoms with Gasteiger partial charge in [-0.2, -0.15) is 0 Å². The van der Waals surface area contributed by atoms with Crippen LogP contribution in [0.1, 0.15) is 33.1 Å². The molecule has 20 heavy (non-hydrogen) atoms. The molecule has 2 fully saturated rings. The molecular weight excluding hydrogens is 300 g/mol. The van der Waals surface area contributed by atoms with Gasteiger partial charge in [0.2, 0.25) is 5.91 Å². The summed E-state index contributed by atoms with van der Waals surface area (Å²) in [5, 5.41) is 3.49. The van der Waals surface area contributed by atoms with Crippen LogP contribution in [-0.2, 0) is 14.6 Å². The second-order valence-electron chi connectivity index (χ2n) is 6.21. The van der Waals surface area contributed by atoms with Crippen LogP contribution in [0.3, 0.4) is 0 Å². The van der Waals surface area contributed by atoms with Gasteiger partial charge < -0.3 is 10.2 Å². The first kappa shape index (κ1) is 17.7. The summed E-state index contributed by atoms with van der Waals surface area (Å²) in [5.74, 6) is -0.394. The van der Waals surface area contributed by atoms with Gasteiger partial charge in [0.05, 0.1) is 5.75 Å². The van der Waals surface area contributed by atoms with Crippen LogP contribution in [0.25, 0.3) is 0 Å². The third-order valence-electron chi connectivity index (χ3n) is 3.81. The van der Waals surface area contributed by atoms with Crippen molar-refractivity contribution in [2.24, 2.45) is 5.92 Å². The van der Waals surface area contributed by atoms with E-state index in [1.54, 1.807) is 4.90 Å². The Hall–Kier alpha value is -0.330. The first-order valence-corrected chi connectivity index (χ1v) is 8.92. The summed E-state index contributed by atoms with van der Waals surface area (Å²) in [5.41, 5.74) is 0. The summed E-state index contributed by atoms with van der Waals surface area (Å²) in [6, 6.07) is 0.860. The number of halogens is 1. The summed E-state index contributed by atoms with van der Waals surface area (Å²) in [4.78, 5) is 13.9. The van der Waals surface area contributed by atoms with Crippen LogP contribution in [0.2, 0.25) is 0 Å². The van der Waals surface area contributed by atoms with E-state index in [1.807, 2.05) is 13.8 Å². The smallest absolute Gasteiger partial charge is 0.237 e. The molecule has 2 aliphatic rings. The molecule has 0 saturated carbocycles. The molecule has 2 saturated heterocycles. The molecule has 0 aliphatic carbocycles. The highest BCUT2D eigenvalue weighted by atomic mass is 35.5. The van der Waals surface area contributed by atoms with Gasteiger partial charge in [0.15, 0.2) is 9.84 Å². The lowest BCUT2D eigenvalue weighted by Gasteiger charge is -2.24. The molecule has 118 valence electrons. The third kappa shape index (κ3) is 4.90. The predicted octanol–water partition coefficient (Wildman–Crippen LogP) is 0.832. The van der Waals surface area contributed by atoms with E-state index in [4.69, 9.17) is 0 Å². The molecule has 1 amide bonds. The van der Waals surface area contributed by atoms with Crippen molar-refractivity contribution in [1.82, 2.24) is 10.2 Å². The molecule has 2 bridgehead atoms.